The van der Waals surface area contributed by atoms with Crippen LogP contribution in [0.4, 0.5) is 6.01 Å². The van der Waals surface area contributed by atoms with Gasteiger partial charge in [-0.25, -0.2) is 0 Å². The van der Waals surface area contributed by atoms with Crippen LogP contribution in [0.1, 0.15) is 39.5 Å². The van der Waals surface area contributed by atoms with E-state index in [0.717, 1.165) is 19.4 Å². The number of hydrogen-bond acceptors (Lipinski definition) is 5. The standard InChI is InChI=1S/C11H22N4O/c1-5-7-12-8-10-13-14-11(16-10)15(4)9(3)6-2/h9,12H,5-8H2,1-4H3. The van der Waals surface area contributed by atoms with Crippen molar-refractivity contribution in [1.82, 2.24) is 15.5 Å². The van der Waals surface area contributed by atoms with Gasteiger partial charge >= 0.3 is 6.01 Å². The van der Waals surface area contributed by atoms with Crippen LogP contribution in [0, 0.1) is 0 Å². The van der Waals surface area contributed by atoms with Crippen molar-refractivity contribution in [3.8, 4) is 0 Å². The highest BCUT2D eigenvalue weighted by Crippen LogP contribution is 2.14. The molecule has 0 spiro atoms. The second-order valence-electron chi connectivity index (χ2n) is 4.02. The van der Waals surface area contributed by atoms with Crippen molar-refractivity contribution >= 4 is 6.01 Å². The fraction of sp³-hybridized carbons (Fsp3) is 0.818. The van der Waals surface area contributed by atoms with Crippen LogP contribution in [-0.4, -0.2) is 29.8 Å². The topological polar surface area (TPSA) is 54.2 Å². The summed E-state index contributed by atoms with van der Waals surface area (Å²) >= 11 is 0. The maximum absolute atomic E-state index is 5.56. The molecule has 0 aliphatic heterocycles. The maximum Gasteiger partial charge on any atom is 0.318 e. The molecule has 1 aromatic rings. The minimum atomic E-state index is 0.414. The number of anilines is 1. The first kappa shape index (κ1) is 13.0. The molecule has 1 rings (SSSR count). The van der Waals surface area contributed by atoms with Crippen molar-refractivity contribution in [3.05, 3.63) is 5.89 Å². The number of rotatable bonds is 7. The van der Waals surface area contributed by atoms with Crippen LogP contribution in [0.25, 0.3) is 0 Å². The Morgan fingerprint density at radius 2 is 2.12 bits per heavy atom. The fourth-order valence-corrected chi connectivity index (χ4v) is 1.29. The fourth-order valence-electron chi connectivity index (χ4n) is 1.29. The molecule has 92 valence electrons. The molecule has 0 fully saturated rings. The largest absolute Gasteiger partial charge is 0.407 e. The van der Waals surface area contributed by atoms with Gasteiger partial charge in [-0.05, 0) is 26.3 Å². The van der Waals surface area contributed by atoms with Crippen LogP contribution in [0.3, 0.4) is 0 Å². The van der Waals surface area contributed by atoms with Crippen molar-refractivity contribution in [2.45, 2.75) is 46.2 Å². The average molecular weight is 226 g/mol. The van der Waals surface area contributed by atoms with Gasteiger partial charge in [0.05, 0.1) is 6.54 Å². The summed E-state index contributed by atoms with van der Waals surface area (Å²) in [6.07, 6.45) is 2.16. The van der Waals surface area contributed by atoms with E-state index in [-0.39, 0.29) is 0 Å². The molecule has 0 saturated heterocycles. The van der Waals surface area contributed by atoms with Crippen LogP contribution >= 0.6 is 0 Å². The zero-order valence-corrected chi connectivity index (χ0v) is 10.7. The molecule has 0 bridgehead atoms. The first-order chi connectivity index (χ1) is 7.69. The molecule has 1 heterocycles. The Balaban J connectivity index is 2.50. The van der Waals surface area contributed by atoms with Gasteiger partial charge in [0, 0.05) is 13.1 Å². The first-order valence-corrected chi connectivity index (χ1v) is 5.94. The van der Waals surface area contributed by atoms with Gasteiger partial charge in [0.25, 0.3) is 0 Å². The third-order valence-corrected chi connectivity index (χ3v) is 2.71. The summed E-state index contributed by atoms with van der Waals surface area (Å²) in [7, 11) is 1.98. The Kier molecular flexibility index (Phi) is 5.25. The van der Waals surface area contributed by atoms with Crippen molar-refractivity contribution in [3.63, 3.8) is 0 Å². The van der Waals surface area contributed by atoms with Crippen LogP contribution in [0.15, 0.2) is 4.42 Å². The molecule has 0 aromatic carbocycles. The van der Waals surface area contributed by atoms with Gasteiger partial charge in [-0.3, -0.25) is 0 Å². The van der Waals surface area contributed by atoms with E-state index in [1.54, 1.807) is 0 Å². The molecule has 1 N–H and O–H groups in total. The van der Waals surface area contributed by atoms with Gasteiger partial charge in [0.2, 0.25) is 5.89 Å². The Hall–Kier alpha value is -1.10. The SMILES string of the molecule is CCCNCc1nnc(N(C)C(C)CC)o1. The van der Waals surface area contributed by atoms with Crippen LogP contribution in [0.5, 0.6) is 0 Å². The highest BCUT2D eigenvalue weighted by atomic mass is 16.4. The second-order valence-corrected chi connectivity index (χ2v) is 4.02. The van der Waals surface area contributed by atoms with E-state index in [9.17, 15) is 0 Å². The molecule has 0 radical (unpaired) electrons. The highest BCUT2D eigenvalue weighted by molar-refractivity contribution is 5.23. The molecule has 1 aromatic heterocycles. The van der Waals surface area contributed by atoms with Gasteiger partial charge in [-0.2, -0.15) is 0 Å². The third-order valence-electron chi connectivity index (χ3n) is 2.71. The van der Waals surface area contributed by atoms with Crippen molar-refractivity contribution in [2.75, 3.05) is 18.5 Å². The van der Waals surface area contributed by atoms with E-state index in [2.05, 4.69) is 36.3 Å². The molecule has 0 saturated carbocycles. The van der Waals surface area contributed by atoms with Crippen molar-refractivity contribution in [1.29, 1.82) is 0 Å². The van der Waals surface area contributed by atoms with Crippen LogP contribution in [0.2, 0.25) is 0 Å². The molecule has 0 aliphatic carbocycles. The number of nitrogens with one attached hydrogen (secondary N) is 1. The molecular formula is C11H22N4O. The smallest absolute Gasteiger partial charge is 0.318 e. The predicted octanol–water partition coefficient (Wildman–Crippen LogP) is 1.80. The van der Waals surface area contributed by atoms with Crippen molar-refractivity contribution < 1.29 is 4.42 Å². The third kappa shape index (κ3) is 3.48. The summed E-state index contributed by atoms with van der Waals surface area (Å²) in [5.41, 5.74) is 0. The lowest BCUT2D eigenvalue weighted by atomic mass is 10.2. The van der Waals surface area contributed by atoms with Crippen LogP contribution < -0.4 is 10.2 Å². The lowest BCUT2D eigenvalue weighted by Crippen LogP contribution is -2.28. The molecule has 0 amide bonds. The Morgan fingerprint density at radius 1 is 1.38 bits per heavy atom. The minimum absolute atomic E-state index is 0.414. The van der Waals surface area contributed by atoms with E-state index < -0.39 is 0 Å². The molecular weight excluding hydrogens is 204 g/mol. The van der Waals surface area contributed by atoms with Gasteiger partial charge in [0.1, 0.15) is 0 Å². The van der Waals surface area contributed by atoms with Crippen molar-refractivity contribution in [2.24, 2.45) is 0 Å². The first-order valence-electron chi connectivity index (χ1n) is 5.94. The lowest BCUT2D eigenvalue weighted by molar-refractivity contribution is 0.455. The number of aromatic nitrogens is 2. The highest BCUT2D eigenvalue weighted by Gasteiger charge is 2.14. The Bertz CT molecular complexity index is 300. The summed E-state index contributed by atoms with van der Waals surface area (Å²) in [6.45, 7) is 8.03. The summed E-state index contributed by atoms with van der Waals surface area (Å²) in [4.78, 5) is 2.01. The zero-order chi connectivity index (χ0) is 12.0. The monoisotopic (exact) mass is 226 g/mol. The summed E-state index contributed by atoms with van der Waals surface area (Å²) in [6, 6.07) is 1.01. The van der Waals surface area contributed by atoms with E-state index in [0.29, 0.717) is 24.5 Å². The minimum Gasteiger partial charge on any atom is -0.407 e. The Morgan fingerprint density at radius 3 is 2.75 bits per heavy atom. The molecule has 0 aliphatic rings. The van der Waals surface area contributed by atoms with Gasteiger partial charge in [0.15, 0.2) is 0 Å². The van der Waals surface area contributed by atoms with Gasteiger partial charge in [-0.15, -0.1) is 5.10 Å². The number of hydrogen-bond donors (Lipinski definition) is 1. The maximum atomic E-state index is 5.56. The normalized spacial score (nSPS) is 12.8. The lowest BCUT2D eigenvalue weighted by Gasteiger charge is -2.20. The van der Waals surface area contributed by atoms with E-state index in [1.165, 1.54) is 0 Å². The molecule has 5 heteroatoms. The second kappa shape index (κ2) is 6.48. The molecule has 16 heavy (non-hydrogen) atoms. The zero-order valence-electron chi connectivity index (χ0n) is 10.7. The quantitative estimate of drug-likeness (QED) is 0.718. The summed E-state index contributed by atoms with van der Waals surface area (Å²) < 4.78 is 5.56. The number of nitrogens with zero attached hydrogens (tertiary/aromatic N) is 3. The Labute approximate surface area is 97.2 Å². The van der Waals surface area contributed by atoms with E-state index in [1.807, 2.05) is 11.9 Å². The van der Waals surface area contributed by atoms with Crippen LogP contribution in [-0.2, 0) is 6.54 Å². The molecule has 5 nitrogen and oxygen atoms in total. The van der Waals surface area contributed by atoms with Gasteiger partial charge in [-0.1, -0.05) is 18.9 Å². The summed E-state index contributed by atoms with van der Waals surface area (Å²) in [5.74, 6) is 0.651. The summed E-state index contributed by atoms with van der Waals surface area (Å²) in [5, 5.41) is 11.3. The predicted molar refractivity (Wildman–Crippen MR) is 64.5 cm³/mol. The average Bonchev–Trinajstić information content (AvgIpc) is 2.76. The van der Waals surface area contributed by atoms with Gasteiger partial charge < -0.3 is 14.6 Å². The van der Waals surface area contributed by atoms with E-state index >= 15 is 0 Å². The van der Waals surface area contributed by atoms with E-state index in [4.69, 9.17) is 4.42 Å². The molecule has 1 atom stereocenters. The molecule has 1 unspecified atom stereocenters.